The van der Waals surface area contributed by atoms with Crippen LogP contribution in [-0.4, -0.2) is 59.8 Å². The lowest BCUT2D eigenvalue weighted by Crippen LogP contribution is -2.00. The smallest absolute Gasteiger partial charge is 0.167 e. The average Bonchev–Trinajstić information content (AvgIpc) is 1.52. The van der Waals surface area contributed by atoms with E-state index in [2.05, 4.69) is 36.4 Å². The molecule has 0 aliphatic heterocycles. The van der Waals surface area contributed by atoms with Crippen LogP contribution in [0.15, 0.2) is 357 Å². The fourth-order valence-electron chi connectivity index (χ4n) is 14.7. The Hall–Kier alpha value is -15.7. The number of hydrogen-bond acceptors (Lipinski definition) is 16. The van der Waals surface area contributed by atoms with E-state index in [1.54, 1.807) is 0 Å². The minimum absolute atomic E-state index is 0.489. The number of hydrogen-bond donors (Lipinski definition) is 0. The quantitative estimate of drug-likeness (QED) is 0.111. The highest BCUT2D eigenvalue weighted by Gasteiger charge is 2.26. The van der Waals surface area contributed by atoms with Crippen molar-refractivity contribution in [1.82, 2.24) is 59.8 Å². The number of aromatic nitrogens is 12. The van der Waals surface area contributed by atoms with Gasteiger partial charge in [0, 0.05) is 98.7 Å². The van der Waals surface area contributed by atoms with Gasteiger partial charge in [0.2, 0.25) is 0 Å². The van der Waals surface area contributed by atoms with Crippen LogP contribution in [0.3, 0.4) is 0 Å². The third-order valence-electron chi connectivity index (χ3n) is 20.0. The van der Waals surface area contributed by atoms with Gasteiger partial charge in [-0.05, 0) is 66.7 Å². The van der Waals surface area contributed by atoms with Crippen molar-refractivity contribution in [2.24, 2.45) is 0 Å². The van der Waals surface area contributed by atoms with Gasteiger partial charge in [0.1, 0.15) is 44.7 Å². The van der Waals surface area contributed by atoms with E-state index in [0.717, 1.165) is 132 Å². The van der Waals surface area contributed by atoms with Crippen LogP contribution in [0.4, 0.5) is 0 Å². The summed E-state index contributed by atoms with van der Waals surface area (Å²) in [6.07, 6.45) is 0. The first kappa shape index (κ1) is 64.7. The van der Waals surface area contributed by atoms with Gasteiger partial charge in [0.15, 0.2) is 69.9 Å². The third kappa shape index (κ3) is 11.8. The van der Waals surface area contributed by atoms with E-state index in [1.165, 1.54) is 0 Å². The van der Waals surface area contributed by atoms with E-state index in [9.17, 15) is 0 Å². The van der Waals surface area contributed by atoms with Crippen LogP contribution in [0.1, 0.15) is 0 Å². The standard InChI is InChI=1S/2C48H28N6O2/c1-4-14-29(15-5-1)43-49-44(30-16-6-2-7-17-30)52-47(51-43)36-22-13-25-39-41(36)35-21-12-23-37(42(35)56-39)48-53-45(31-18-8-3-9-19-31)50-46(54-48)32-26-27-34-33-20-10-11-24-38(33)55-40(34)28-32;1-4-14-29(15-5-1)43-49-44(30-16-6-2-7-17-30)52-47(51-43)35-22-13-25-40-41(35)34-21-12-23-36(42(34)56-40)48-53-45(31-18-8-3-9-19-31)50-46(54-48)32-26-27-39-37(28-32)33-20-10-11-24-38(33)55-39/h2*1-28H. The predicted molar refractivity (Wildman–Crippen MR) is 441 cm³/mol. The second-order valence-corrected chi connectivity index (χ2v) is 27.0. The van der Waals surface area contributed by atoms with Crippen molar-refractivity contribution in [2.45, 2.75) is 0 Å². The zero-order chi connectivity index (χ0) is 74.0. The molecule has 0 fully saturated rings. The van der Waals surface area contributed by atoms with Crippen molar-refractivity contribution in [3.8, 4) is 137 Å². The van der Waals surface area contributed by atoms with Crippen molar-refractivity contribution in [3.63, 3.8) is 0 Å². The molecule has 0 N–H and O–H groups in total. The minimum atomic E-state index is 0.489. The Labute approximate surface area is 637 Å². The molecule has 0 unspecified atom stereocenters. The summed E-state index contributed by atoms with van der Waals surface area (Å²) in [6, 6.07) is 112. The molecule has 8 aromatic heterocycles. The van der Waals surface area contributed by atoms with Gasteiger partial charge in [-0.3, -0.25) is 0 Å². The topological polar surface area (TPSA) is 207 Å². The molecule has 22 aromatic rings. The first-order valence-corrected chi connectivity index (χ1v) is 36.6. The maximum atomic E-state index is 6.73. The summed E-state index contributed by atoms with van der Waals surface area (Å²) in [5, 5.41) is 7.70. The average molecular weight is 1440 g/mol. The molecule has 0 saturated carbocycles. The van der Waals surface area contributed by atoms with E-state index in [4.69, 9.17) is 77.5 Å². The summed E-state index contributed by atoms with van der Waals surface area (Å²) < 4.78 is 25.8. The van der Waals surface area contributed by atoms with Gasteiger partial charge in [-0.25, -0.2) is 59.8 Å². The van der Waals surface area contributed by atoms with Gasteiger partial charge in [-0.15, -0.1) is 0 Å². The SMILES string of the molecule is c1ccc(-c2nc(-c3ccc4c(c3)oc3ccccc34)nc(-c3cccc4c3oc3cccc(-c5nc(-c6ccccc6)nc(-c6ccccc6)n5)c34)n2)cc1.c1ccc(-c2nc(-c3ccc4oc5ccccc5c4c3)nc(-c3cccc4c3oc3cccc(-c5nc(-c6ccccc6)nc(-c6ccccc6)n5)c34)n2)cc1. The summed E-state index contributed by atoms with van der Waals surface area (Å²) in [5.74, 6) is 6.62. The molecule has 0 radical (unpaired) electrons. The van der Waals surface area contributed by atoms with E-state index in [1.807, 2.05) is 303 Å². The number of benzene rings is 14. The maximum absolute atomic E-state index is 6.73. The number of furan rings is 4. The lowest BCUT2D eigenvalue weighted by Gasteiger charge is -2.09. The molecule has 112 heavy (non-hydrogen) atoms. The molecule has 0 bridgehead atoms. The molecule has 0 aliphatic rings. The number of nitrogens with zero attached hydrogens (tertiary/aromatic N) is 12. The largest absolute Gasteiger partial charge is 0.456 e. The highest BCUT2D eigenvalue weighted by Crippen LogP contribution is 2.44. The Morgan fingerprint density at radius 1 is 0.143 bits per heavy atom. The lowest BCUT2D eigenvalue weighted by molar-refractivity contribution is 0.668. The van der Waals surface area contributed by atoms with Crippen LogP contribution in [-0.2, 0) is 0 Å². The lowest BCUT2D eigenvalue weighted by atomic mass is 10.0. The molecule has 0 saturated heterocycles. The highest BCUT2D eigenvalue weighted by molar-refractivity contribution is 6.16. The van der Waals surface area contributed by atoms with Crippen LogP contribution in [0.2, 0.25) is 0 Å². The summed E-state index contributed by atoms with van der Waals surface area (Å²) >= 11 is 0. The Kier molecular flexibility index (Phi) is 15.8. The summed E-state index contributed by atoms with van der Waals surface area (Å²) in [5.41, 5.74) is 16.1. The number of fused-ring (bicyclic) bond motifs is 12. The molecule has 8 heterocycles. The summed E-state index contributed by atoms with van der Waals surface area (Å²) in [7, 11) is 0. The van der Waals surface area contributed by atoms with Crippen LogP contribution >= 0.6 is 0 Å². The molecule has 0 amide bonds. The monoisotopic (exact) mass is 1440 g/mol. The maximum Gasteiger partial charge on any atom is 0.167 e. The van der Waals surface area contributed by atoms with Crippen LogP contribution in [0.5, 0.6) is 0 Å². The molecular formula is C96H56N12O4. The molecular weight excluding hydrogens is 1390 g/mol. The van der Waals surface area contributed by atoms with Crippen LogP contribution < -0.4 is 0 Å². The van der Waals surface area contributed by atoms with E-state index in [0.29, 0.717) is 92.2 Å². The normalized spacial score (nSPS) is 11.6. The zero-order valence-electron chi connectivity index (χ0n) is 59.3. The van der Waals surface area contributed by atoms with Gasteiger partial charge in [0.05, 0.1) is 11.1 Å². The third-order valence-corrected chi connectivity index (χ3v) is 20.0. The van der Waals surface area contributed by atoms with Crippen molar-refractivity contribution >= 4 is 87.8 Å². The molecule has 14 aromatic carbocycles. The van der Waals surface area contributed by atoms with Gasteiger partial charge >= 0.3 is 0 Å². The molecule has 0 atom stereocenters. The number of para-hydroxylation sites is 4. The molecule has 524 valence electrons. The van der Waals surface area contributed by atoms with E-state index in [-0.39, 0.29) is 0 Å². The van der Waals surface area contributed by atoms with Gasteiger partial charge < -0.3 is 17.7 Å². The predicted octanol–water partition coefficient (Wildman–Crippen LogP) is 23.7. The Bertz CT molecular complexity index is 7260. The van der Waals surface area contributed by atoms with Crippen molar-refractivity contribution in [1.29, 1.82) is 0 Å². The van der Waals surface area contributed by atoms with Crippen molar-refractivity contribution in [3.05, 3.63) is 340 Å². The Morgan fingerprint density at radius 2 is 0.402 bits per heavy atom. The van der Waals surface area contributed by atoms with Crippen LogP contribution in [0.25, 0.3) is 224 Å². The molecule has 0 spiro atoms. The molecule has 0 aliphatic carbocycles. The van der Waals surface area contributed by atoms with E-state index < -0.39 is 0 Å². The molecule has 22 rings (SSSR count). The van der Waals surface area contributed by atoms with Crippen molar-refractivity contribution in [2.75, 3.05) is 0 Å². The van der Waals surface area contributed by atoms with Gasteiger partial charge in [0.25, 0.3) is 0 Å². The number of rotatable bonds is 12. The Morgan fingerprint density at radius 3 is 0.795 bits per heavy atom. The highest BCUT2D eigenvalue weighted by atomic mass is 16.3. The first-order valence-electron chi connectivity index (χ1n) is 36.6. The second-order valence-electron chi connectivity index (χ2n) is 27.0. The minimum Gasteiger partial charge on any atom is -0.456 e. The zero-order valence-corrected chi connectivity index (χ0v) is 59.3. The fourth-order valence-corrected chi connectivity index (χ4v) is 14.7. The van der Waals surface area contributed by atoms with Crippen LogP contribution in [0, 0.1) is 0 Å². The van der Waals surface area contributed by atoms with E-state index >= 15 is 0 Å². The van der Waals surface area contributed by atoms with Gasteiger partial charge in [-0.1, -0.05) is 273 Å². The first-order chi connectivity index (χ1) is 55.5. The van der Waals surface area contributed by atoms with Crippen molar-refractivity contribution < 1.29 is 17.7 Å². The summed E-state index contributed by atoms with van der Waals surface area (Å²) in [4.78, 5) is 60.3. The fraction of sp³-hybridized carbons (Fsp3) is 0. The molecule has 16 nitrogen and oxygen atoms in total. The van der Waals surface area contributed by atoms with Gasteiger partial charge in [-0.2, -0.15) is 0 Å². The Balaban J connectivity index is 0.000000141. The summed E-state index contributed by atoms with van der Waals surface area (Å²) in [6.45, 7) is 0. The second kappa shape index (κ2) is 27.3. The molecule has 16 heteroatoms.